The summed E-state index contributed by atoms with van der Waals surface area (Å²) in [5, 5.41) is 18.3. The first kappa shape index (κ1) is 15.7. The molecule has 0 spiro atoms. The topological polar surface area (TPSA) is 73.0 Å². The van der Waals surface area contributed by atoms with Crippen LogP contribution in [0.4, 0.5) is 5.69 Å². The third kappa shape index (κ3) is 3.89. The summed E-state index contributed by atoms with van der Waals surface area (Å²) in [4.78, 5) is 10.2. The molecule has 0 bridgehead atoms. The number of nitrogens with zero attached hydrogens (tertiary/aromatic N) is 3. The molecular formula is C14H17BrN4O2. The van der Waals surface area contributed by atoms with Gasteiger partial charge in [0.2, 0.25) is 0 Å². The number of aryl methyl sites for hydroxylation is 2. The molecule has 0 saturated carbocycles. The average Bonchev–Trinajstić information content (AvgIpc) is 2.69. The van der Waals surface area contributed by atoms with Crippen molar-refractivity contribution >= 4 is 21.6 Å². The molecule has 0 amide bonds. The van der Waals surface area contributed by atoms with Crippen molar-refractivity contribution in [1.82, 2.24) is 15.1 Å². The second kappa shape index (κ2) is 6.82. The fourth-order valence-electron chi connectivity index (χ4n) is 2.10. The molecule has 21 heavy (non-hydrogen) atoms. The van der Waals surface area contributed by atoms with E-state index in [1.54, 1.807) is 12.1 Å². The summed E-state index contributed by atoms with van der Waals surface area (Å²) in [7, 11) is 1.92. The zero-order chi connectivity index (χ0) is 15.4. The lowest BCUT2D eigenvalue weighted by atomic mass is 10.1. The number of nitrogens with one attached hydrogen (secondary N) is 1. The van der Waals surface area contributed by atoms with Gasteiger partial charge in [0.25, 0.3) is 5.69 Å². The van der Waals surface area contributed by atoms with Crippen molar-refractivity contribution in [1.29, 1.82) is 0 Å². The van der Waals surface area contributed by atoms with E-state index >= 15 is 0 Å². The van der Waals surface area contributed by atoms with Gasteiger partial charge in [0.1, 0.15) is 0 Å². The third-order valence-electron chi connectivity index (χ3n) is 3.29. The van der Waals surface area contributed by atoms with Gasteiger partial charge in [-0.15, -0.1) is 0 Å². The highest BCUT2D eigenvalue weighted by Crippen LogP contribution is 2.19. The zero-order valence-electron chi connectivity index (χ0n) is 12.0. The number of nitro groups is 1. The van der Waals surface area contributed by atoms with E-state index in [4.69, 9.17) is 0 Å². The van der Waals surface area contributed by atoms with Gasteiger partial charge in [-0.2, -0.15) is 5.10 Å². The Labute approximate surface area is 131 Å². The molecule has 1 N–H and O–H groups in total. The van der Waals surface area contributed by atoms with Gasteiger partial charge >= 0.3 is 0 Å². The average molecular weight is 353 g/mol. The number of hydrogen-bond donors (Lipinski definition) is 1. The summed E-state index contributed by atoms with van der Waals surface area (Å²) in [5.41, 5.74) is 3.29. The van der Waals surface area contributed by atoms with Crippen molar-refractivity contribution in [2.24, 2.45) is 7.05 Å². The minimum absolute atomic E-state index is 0.126. The number of nitro benzene ring substituents is 1. The number of halogens is 1. The summed E-state index contributed by atoms with van der Waals surface area (Å²) < 4.78 is 2.89. The molecule has 7 heteroatoms. The van der Waals surface area contributed by atoms with Crippen LogP contribution in [0.5, 0.6) is 0 Å². The van der Waals surface area contributed by atoms with Gasteiger partial charge in [-0.25, -0.2) is 0 Å². The maximum atomic E-state index is 10.6. The molecule has 0 fully saturated rings. The first-order chi connectivity index (χ1) is 9.99. The lowest BCUT2D eigenvalue weighted by Gasteiger charge is -2.06. The molecule has 1 aromatic heterocycles. The molecule has 112 valence electrons. The Kier molecular flexibility index (Phi) is 5.08. The molecule has 0 aliphatic carbocycles. The highest BCUT2D eigenvalue weighted by Gasteiger charge is 2.09. The van der Waals surface area contributed by atoms with E-state index in [-0.39, 0.29) is 10.6 Å². The molecule has 0 radical (unpaired) electrons. The largest absolute Gasteiger partial charge is 0.311 e. The Hall–Kier alpha value is -1.73. The molecule has 0 saturated heterocycles. The summed E-state index contributed by atoms with van der Waals surface area (Å²) in [6.45, 7) is 3.49. The summed E-state index contributed by atoms with van der Waals surface area (Å²) in [5.74, 6) is 0. The van der Waals surface area contributed by atoms with E-state index < -0.39 is 0 Å². The van der Waals surface area contributed by atoms with Crippen LogP contribution in [-0.4, -0.2) is 21.2 Å². The minimum atomic E-state index is -0.385. The number of non-ortho nitro benzene ring substituents is 1. The molecule has 0 aliphatic rings. The molecular weight excluding hydrogens is 336 g/mol. The predicted molar refractivity (Wildman–Crippen MR) is 84.2 cm³/mol. The Morgan fingerprint density at radius 1 is 1.38 bits per heavy atom. The summed E-state index contributed by atoms with van der Waals surface area (Å²) >= 11 is 3.53. The molecule has 0 atom stereocenters. The normalized spacial score (nSPS) is 10.8. The molecule has 2 aromatic rings. The third-order valence-corrected chi connectivity index (χ3v) is 4.32. The van der Waals surface area contributed by atoms with Crippen molar-refractivity contribution in [2.45, 2.75) is 19.9 Å². The van der Waals surface area contributed by atoms with Crippen molar-refractivity contribution in [3.63, 3.8) is 0 Å². The van der Waals surface area contributed by atoms with Crippen LogP contribution in [0.3, 0.4) is 0 Å². The Morgan fingerprint density at radius 3 is 2.57 bits per heavy atom. The number of benzene rings is 1. The first-order valence-electron chi connectivity index (χ1n) is 6.61. The number of aromatic nitrogens is 2. The molecule has 6 nitrogen and oxygen atoms in total. The van der Waals surface area contributed by atoms with Crippen LogP contribution in [0.25, 0.3) is 0 Å². The molecule has 2 rings (SSSR count). The smallest absolute Gasteiger partial charge is 0.269 e. The van der Waals surface area contributed by atoms with E-state index in [0.717, 1.165) is 40.9 Å². The van der Waals surface area contributed by atoms with Crippen molar-refractivity contribution < 1.29 is 4.92 Å². The Bertz CT molecular complexity index is 637. The van der Waals surface area contributed by atoms with Crippen LogP contribution in [0, 0.1) is 17.0 Å². The van der Waals surface area contributed by atoms with Crippen molar-refractivity contribution in [2.75, 3.05) is 6.54 Å². The van der Waals surface area contributed by atoms with E-state index in [1.807, 2.05) is 18.7 Å². The van der Waals surface area contributed by atoms with Gasteiger partial charge in [-0.1, -0.05) is 12.1 Å². The van der Waals surface area contributed by atoms with Crippen LogP contribution in [0.1, 0.15) is 17.0 Å². The first-order valence-corrected chi connectivity index (χ1v) is 7.40. The van der Waals surface area contributed by atoms with Crippen LogP contribution >= 0.6 is 15.9 Å². The van der Waals surface area contributed by atoms with Gasteiger partial charge < -0.3 is 5.32 Å². The van der Waals surface area contributed by atoms with Gasteiger partial charge in [0.05, 0.1) is 20.8 Å². The number of rotatable bonds is 6. The number of hydrogen-bond acceptors (Lipinski definition) is 4. The van der Waals surface area contributed by atoms with E-state index in [0.29, 0.717) is 0 Å². The van der Waals surface area contributed by atoms with Crippen LogP contribution in [0.2, 0.25) is 0 Å². The molecule has 1 aromatic carbocycles. The van der Waals surface area contributed by atoms with Gasteiger partial charge in [-0.3, -0.25) is 14.8 Å². The maximum absolute atomic E-state index is 10.6. The summed E-state index contributed by atoms with van der Waals surface area (Å²) in [6.07, 6.45) is 0.826. The van der Waals surface area contributed by atoms with E-state index in [1.165, 1.54) is 12.1 Å². The second-order valence-electron chi connectivity index (χ2n) is 4.82. The highest BCUT2D eigenvalue weighted by atomic mass is 79.9. The molecule has 1 heterocycles. The lowest BCUT2D eigenvalue weighted by Crippen LogP contribution is -2.18. The van der Waals surface area contributed by atoms with Gasteiger partial charge in [0, 0.05) is 25.7 Å². The zero-order valence-corrected chi connectivity index (χ0v) is 13.6. The standard InChI is InChI=1S/C14H17BrN4O2/c1-10-14(15)13(18(2)17-10)9-16-8-7-11-3-5-12(6-4-11)19(20)21/h3-6,16H,7-9H2,1-2H3. The quantitative estimate of drug-likeness (QED) is 0.492. The fourth-order valence-corrected chi connectivity index (χ4v) is 2.57. The van der Waals surface area contributed by atoms with Crippen molar-refractivity contribution in [3.05, 3.63) is 55.8 Å². The maximum Gasteiger partial charge on any atom is 0.269 e. The predicted octanol–water partition coefficient (Wildman–Crippen LogP) is 2.73. The van der Waals surface area contributed by atoms with Crippen LogP contribution in [-0.2, 0) is 20.0 Å². The fraction of sp³-hybridized carbons (Fsp3) is 0.357. The van der Waals surface area contributed by atoms with E-state index in [9.17, 15) is 10.1 Å². The minimum Gasteiger partial charge on any atom is -0.311 e. The van der Waals surface area contributed by atoms with E-state index in [2.05, 4.69) is 26.3 Å². The second-order valence-corrected chi connectivity index (χ2v) is 5.61. The van der Waals surface area contributed by atoms with Crippen molar-refractivity contribution in [3.8, 4) is 0 Å². The SMILES string of the molecule is Cc1nn(C)c(CNCCc2ccc([N+](=O)[O-])cc2)c1Br. The molecule has 0 unspecified atom stereocenters. The van der Waals surface area contributed by atoms with Crippen LogP contribution in [0.15, 0.2) is 28.7 Å². The lowest BCUT2D eigenvalue weighted by molar-refractivity contribution is -0.384. The van der Waals surface area contributed by atoms with Gasteiger partial charge in [-0.05, 0) is 41.4 Å². The van der Waals surface area contributed by atoms with Crippen LogP contribution < -0.4 is 5.32 Å². The molecule has 0 aliphatic heterocycles. The summed E-state index contributed by atoms with van der Waals surface area (Å²) in [6, 6.07) is 6.67. The monoisotopic (exact) mass is 352 g/mol. The Morgan fingerprint density at radius 2 is 2.05 bits per heavy atom. The van der Waals surface area contributed by atoms with Gasteiger partial charge in [0.15, 0.2) is 0 Å². The highest BCUT2D eigenvalue weighted by molar-refractivity contribution is 9.10. The Balaban J connectivity index is 1.83.